The molecular weight excluding hydrogens is 344 g/mol. The van der Waals surface area contributed by atoms with Crippen LogP contribution in [0.15, 0.2) is 24.4 Å². The van der Waals surface area contributed by atoms with Crippen molar-refractivity contribution in [2.24, 2.45) is 0 Å². The number of benzene rings is 1. The summed E-state index contributed by atoms with van der Waals surface area (Å²) < 4.78 is 10.7. The van der Waals surface area contributed by atoms with E-state index >= 15 is 0 Å². The van der Waals surface area contributed by atoms with Gasteiger partial charge < -0.3 is 19.5 Å². The Morgan fingerprint density at radius 2 is 2.16 bits per heavy atom. The van der Waals surface area contributed by atoms with Crippen molar-refractivity contribution in [1.82, 2.24) is 9.88 Å². The first kappa shape index (κ1) is 17.2. The van der Waals surface area contributed by atoms with Gasteiger partial charge in [0.15, 0.2) is 0 Å². The molecule has 2 heterocycles. The van der Waals surface area contributed by atoms with Gasteiger partial charge in [-0.15, -0.1) is 11.3 Å². The zero-order valence-electron chi connectivity index (χ0n) is 13.9. The predicted molar refractivity (Wildman–Crippen MR) is 92.3 cm³/mol. The number of aromatic nitrogens is 1. The molecule has 0 saturated carbocycles. The van der Waals surface area contributed by atoms with Crippen molar-refractivity contribution in [1.29, 1.82) is 0 Å². The van der Waals surface area contributed by atoms with E-state index in [1.165, 1.54) is 23.3 Å². The van der Waals surface area contributed by atoms with Crippen LogP contribution in [-0.2, 0) is 4.74 Å². The van der Waals surface area contributed by atoms with Gasteiger partial charge in [0, 0.05) is 29.6 Å². The highest BCUT2D eigenvalue weighted by Crippen LogP contribution is 2.30. The van der Waals surface area contributed by atoms with Crippen LogP contribution >= 0.6 is 11.3 Å². The second kappa shape index (κ2) is 7.10. The summed E-state index contributed by atoms with van der Waals surface area (Å²) >= 11 is 1.52. The summed E-state index contributed by atoms with van der Waals surface area (Å²) in [4.78, 5) is 29.7. The molecule has 7 nitrogen and oxygen atoms in total. The van der Waals surface area contributed by atoms with E-state index in [0.717, 1.165) is 15.4 Å². The van der Waals surface area contributed by atoms with Crippen LogP contribution < -0.4 is 4.74 Å². The van der Waals surface area contributed by atoms with Crippen molar-refractivity contribution < 1.29 is 24.2 Å². The van der Waals surface area contributed by atoms with Crippen LogP contribution in [0.5, 0.6) is 5.75 Å². The third kappa shape index (κ3) is 3.90. The van der Waals surface area contributed by atoms with E-state index < -0.39 is 12.1 Å². The van der Waals surface area contributed by atoms with Gasteiger partial charge in [-0.25, -0.2) is 14.6 Å². The minimum Gasteiger partial charge on any atom is -0.488 e. The van der Waals surface area contributed by atoms with Gasteiger partial charge in [0.2, 0.25) is 0 Å². The number of carbonyl (C=O) groups excluding carboxylic acids is 1. The fraction of sp³-hybridized carbons (Fsp3) is 0.353. The number of hydrogen-bond acceptors (Lipinski definition) is 6. The summed E-state index contributed by atoms with van der Waals surface area (Å²) in [6.07, 6.45) is 1.19. The first-order chi connectivity index (χ1) is 12.0. The Morgan fingerprint density at radius 1 is 1.36 bits per heavy atom. The zero-order chi connectivity index (χ0) is 18.0. The number of carbonyl (C=O) groups is 2. The Balaban J connectivity index is 1.87. The molecule has 132 valence electrons. The molecule has 1 amide bonds. The lowest BCUT2D eigenvalue weighted by Crippen LogP contribution is -2.29. The summed E-state index contributed by atoms with van der Waals surface area (Å²) in [5.41, 5.74) is 1.14. The highest BCUT2D eigenvalue weighted by Gasteiger charge is 2.27. The van der Waals surface area contributed by atoms with E-state index in [4.69, 9.17) is 14.6 Å². The molecule has 1 aliphatic heterocycles. The van der Waals surface area contributed by atoms with Crippen LogP contribution in [0.2, 0.25) is 0 Å². The van der Waals surface area contributed by atoms with Gasteiger partial charge in [-0.3, -0.25) is 0 Å². The van der Waals surface area contributed by atoms with Crippen LogP contribution in [0.4, 0.5) is 4.79 Å². The number of thiazole rings is 1. The minimum absolute atomic E-state index is 0.241. The lowest BCUT2D eigenvalue weighted by molar-refractivity contribution is 0.0600. The number of methoxy groups -OCH3 is 1. The molecule has 1 aliphatic rings. The summed E-state index contributed by atoms with van der Waals surface area (Å²) in [6.45, 7) is 2.71. The quantitative estimate of drug-likeness (QED) is 0.841. The average molecular weight is 362 g/mol. The molecule has 2 aromatic rings. The van der Waals surface area contributed by atoms with Crippen molar-refractivity contribution in [3.8, 4) is 16.3 Å². The van der Waals surface area contributed by atoms with E-state index in [0.29, 0.717) is 30.8 Å². The van der Waals surface area contributed by atoms with Crippen LogP contribution in [0.25, 0.3) is 10.6 Å². The largest absolute Gasteiger partial charge is 0.488 e. The first-order valence-corrected chi connectivity index (χ1v) is 8.58. The van der Waals surface area contributed by atoms with Gasteiger partial charge in [0.05, 0.1) is 19.2 Å². The SMILES string of the molecule is COC(=O)c1cc(O[C@H]2CCN(C(=O)O)C2)cc(-c2ncc(C)s2)c1. The number of likely N-dealkylation sites (tertiary alicyclic amines) is 1. The number of hydrogen-bond donors (Lipinski definition) is 1. The van der Waals surface area contributed by atoms with Gasteiger partial charge in [-0.1, -0.05) is 0 Å². The minimum atomic E-state index is -0.951. The number of amides is 1. The number of esters is 1. The third-order valence-electron chi connectivity index (χ3n) is 3.91. The van der Waals surface area contributed by atoms with E-state index in [2.05, 4.69) is 4.98 Å². The fourth-order valence-corrected chi connectivity index (χ4v) is 3.46. The second-order valence-electron chi connectivity index (χ2n) is 5.77. The lowest BCUT2D eigenvalue weighted by Gasteiger charge is -2.16. The second-order valence-corrected chi connectivity index (χ2v) is 7.01. The molecule has 1 atom stereocenters. The monoisotopic (exact) mass is 362 g/mol. The van der Waals surface area contributed by atoms with Gasteiger partial charge in [-0.2, -0.15) is 0 Å². The molecule has 25 heavy (non-hydrogen) atoms. The molecule has 3 rings (SSSR count). The van der Waals surface area contributed by atoms with Crippen LogP contribution in [0, 0.1) is 6.92 Å². The van der Waals surface area contributed by atoms with Gasteiger partial charge in [0.1, 0.15) is 16.9 Å². The van der Waals surface area contributed by atoms with E-state index in [1.807, 2.05) is 13.0 Å². The Hall–Kier alpha value is -2.61. The number of carboxylic acid groups (broad SMARTS) is 1. The Kier molecular flexibility index (Phi) is 4.89. The summed E-state index contributed by atoms with van der Waals surface area (Å²) in [7, 11) is 1.32. The fourth-order valence-electron chi connectivity index (χ4n) is 2.71. The first-order valence-electron chi connectivity index (χ1n) is 7.77. The molecule has 1 fully saturated rings. The number of nitrogens with zero attached hydrogens (tertiary/aromatic N) is 2. The Labute approximate surface area is 148 Å². The topological polar surface area (TPSA) is 89.0 Å². The maximum atomic E-state index is 12.0. The van der Waals surface area contributed by atoms with E-state index in [1.54, 1.807) is 18.3 Å². The molecule has 0 spiro atoms. The molecule has 0 aliphatic carbocycles. The number of aryl methyl sites for hydroxylation is 1. The lowest BCUT2D eigenvalue weighted by atomic mass is 10.1. The highest BCUT2D eigenvalue weighted by molar-refractivity contribution is 7.14. The molecule has 1 saturated heterocycles. The van der Waals surface area contributed by atoms with Crippen LogP contribution in [0.1, 0.15) is 21.7 Å². The standard InChI is InChI=1S/C17H18N2O5S/c1-10-8-18-15(25-10)11-5-12(16(20)23-2)7-14(6-11)24-13-3-4-19(9-13)17(21)22/h5-8,13H,3-4,9H2,1-2H3,(H,21,22)/t13-/m0/s1. The maximum Gasteiger partial charge on any atom is 0.407 e. The summed E-state index contributed by atoms with van der Waals surface area (Å²) in [6, 6.07) is 5.14. The van der Waals surface area contributed by atoms with Crippen molar-refractivity contribution in [3.63, 3.8) is 0 Å². The third-order valence-corrected chi connectivity index (χ3v) is 4.88. The Bertz CT molecular complexity index is 804. The van der Waals surface area contributed by atoms with Gasteiger partial charge >= 0.3 is 12.1 Å². The molecule has 1 N–H and O–H groups in total. The van der Waals surface area contributed by atoms with Crippen molar-refractivity contribution in [2.45, 2.75) is 19.4 Å². The van der Waals surface area contributed by atoms with Gasteiger partial charge in [-0.05, 0) is 25.1 Å². The van der Waals surface area contributed by atoms with Gasteiger partial charge in [0.25, 0.3) is 0 Å². The average Bonchev–Trinajstić information content (AvgIpc) is 3.23. The van der Waals surface area contributed by atoms with Crippen LogP contribution in [-0.4, -0.2) is 53.4 Å². The zero-order valence-corrected chi connectivity index (χ0v) is 14.7. The number of ether oxygens (including phenoxy) is 2. The molecule has 1 aromatic carbocycles. The van der Waals surface area contributed by atoms with Crippen molar-refractivity contribution >= 4 is 23.4 Å². The number of rotatable bonds is 4. The van der Waals surface area contributed by atoms with E-state index in [9.17, 15) is 9.59 Å². The van der Waals surface area contributed by atoms with E-state index in [-0.39, 0.29) is 6.10 Å². The molecule has 8 heteroatoms. The normalized spacial score (nSPS) is 16.7. The molecule has 0 bridgehead atoms. The summed E-state index contributed by atoms with van der Waals surface area (Å²) in [5.74, 6) is 0.0431. The molecule has 0 unspecified atom stereocenters. The maximum absolute atomic E-state index is 12.0. The Morgan fingerprint density at radius 3 is 2.76 bits per heavy atom. The van der Waals surface area contributed by atoms with Crippen LogP contribution in [0.3, 0.4) is 0 Å². The highest BCUT2D eigenvalue weighted by atomic mass is 32.1. The molecule has 0 radical (unpaired) electrons. The van der Waals surface area contributed by atoms with Crippen molar-refractivity contribution in [3.05, 3.63) is 34.8 Å². The smallest absolute Gasteiger partial charge is 0.407 e. The molecule has 1 aromatic heterocycles. The summed E-state index contributed by atoms with van der Waals surface area (Å²) in [5, 5.41) is 9.83. The predicted octanol–water partition coefficient (Wildman–Crippen LogP) is 3.04. The molecular formula is C17H18N2O5S. The van der Waals surface area contributed by atoms with Crippen molar-refractivity contribution in [2.75, 3.05) is 20.2 Å².